The number of nitro groups is 1. The summed E-state index contributed by atoms with van der Waals surface area (Å²) in [5.74, 6) is -1.34. The number of nitrogens with zero attached hydrogens (tertiary/aromatic N) is 1. The highest BCUT2D eigenvalue weighted by Gasteiger charge is 2.49. The van der Waals surface area contributed by atoms with E-state index in [1.807, 2.05) is 0 Å². The van der Waals surface area contributed by atoms with Crippen LogP contribution in [0.25, 0.3) is 21.5 Å². The van der Waals surface area contributed by atoms with E-state index in [1.165, 1.54) is 30.3 Å². The van der Waals surface area contributed by atoms with Gasteiger partial charge in [-0.1, -0.05) is 30.3 Å². The third kappa shape index (κ3) is 4.47. The van der Waals surface area contributed by atoms with Gasteiger partial charge in [-0.05, 0) is 24.4 Å². The fraction of sp³-hybridized carbons (Fsp3) is 0.250. The van der Waals surface area contributed by atoms with Gasteiger partial charge in [0.2, 0.25) is 0 Å². The van der Waals surface area contributed by atoms with E-state index in [4.69, 9.17) is 4.74 Å². The van der Waals surface area contributed by atoms with Gasteiger partial charge in [-0.2, -0.15) is 21.6 Å². The lowest BCUT2D eigenvalue weighted by Gasteiger charge is -2.25. The first-order valence-corrected chi connectivity index (χ1v) is 10.7. The molecule has 0 heterocycles. The van der Waals surface area contributed by atoms with Crippen LogP contribution in [0.15, 0.2) is 47.4 Å². The van der Waals surface area contributed by atoms with E-state index in [0.717, 1.165) is 12.1 Å². The van der Waals surface area contributed by atoms with Crippen molar-refractivity contribution in [2.45, 2.75) is 30.0 Å². The van der Waals surface area contributed by atoms with Crippen molar-refractivity contribution in [3.8, 4) is 0 Å². The molecule has 0 saturated carbocycles. The lowest BCUT2D eigenvalue weighted by atomic mass is 9.95. The number of hydrogen-bond acceptors (Lipinski definition) is 7. The first-order chi connectivity index (χ1) is 15.2. The molecule has 0 aromatic heterocycles. The Hall–Kier alpha value is -3.29. The molecule has 3 aromatic rings. The zero-order valence-electron chi connectivity index (χ0n) is 16.8. The molecule has 0 spiro atoms. The molecule has 0 radical (unpaired) electrons. The highest BCUT2D eigenvalue weighted by Crippen LogP contribution is 2.41. The van der Waals surface area contributed by atoms with Gasteiger partial charge in [0.1, 0.15) is 10.5 Å². The van der Waals surface area contributed by atoms with Gasteiger partial charge >= 0.3 is 12.1 Å². The number of carbonyl (C=O) groups excluding carboxylic acids is 1. The fourth-order valence-corrected chi connectivity index (χ4v) is 4.08. The van der Waals surface area contributed by atoms with E-state index in [1.54, 1.807) is 0 Å². The lowest BCUT2D eigenvalue weighted by molar-refractivity contribution is -0.383. The molecule has 1 atom stereocenters. The van der Waals surface area contributed by atoms with Crippen LogP contribution in [0.5, 0.6) is 0 Å². The number of aliphatic hydroxyl groups is 1. The van der Waals surface area contributed by atoms with E-state index in [2.05, 4.69) is 0 Å². The molecule has 1 unspecified atom stereocenters. The highest BCUT2D eigenvalue weighted by molar-refractivity contribution is 7.86. The van der Waals surface area contributed by atoms with Gasteiger partial charge < -0.3 is 9.84 Å². The molecule has 2 N–H and O–H groups in total. The summed E-state index contributed by atoms with van der Waals surface area (Å²) in [5.41, 5.74) is -4.61. The first kappa shape index (κ1) is 24.4. The van der Waals surface area contributed by atoms with Crippen LogP contribution in [0.4, 0.5) is 18.9 Å². The second-order valence-electron chi connectivity index (χ2n) is 7.34. The maximum Gasteiger partial charge on any atom is 0.417 e. The molecule has 0 saturated heterocycles. The summed E-state index contributed by atoms with van der Waals surface area (Å²) in [6.07, 6.45) is -6.01. The highest BCUT2D eigenvalue weighted by atomic mass is 32.2. The first-order valence-electron chi connectivity index (χ1n) is 9.22. The molecule has 0 amide bonds. The molecule has 33 heavy (non-hydrogen) atoms. The van der Waals surface area contributed by atoms with E-state index < -0.39 is 62.0 Å². The minimum Gasteiger partial charge on any atom is -0.462 e. The maximum absolute atomic E-state index is 12.8. The predicted octanol–water partition coefficient (Wildman–Crippen LogP) is 4.01. The monoisotopic (exact) mass is 487 g/mol. The summed E-state index contributed by atoms with van der Waals surface area (Å²) in [6.45, 7) is -0.411. The van der Waals surface area contributed by atoms with Gasteiger partial charge in [0.25, 0.3) is 15.8 Å². The van der Waals surface area contributed by atoms with Crippen molar-refractivity contribution in [1.82, 2.24) is 0 Å². The molecular formula is C20H16F3NO8S. The smallest absolute Gasteiger partial charge is 0.417 e. The van der Waals surface area contributed by atoms with Crippen LogP contribution < -0.4 is 0 Å². The van der Waals surface area contributed by atoms with Crippen LogP contribution >= 0.6 is 0 Å². The third-order valence-corrected chi connectivity index (χ3v) is 5.98. The Bertz CT molecular complexity index is 1380. The van der Waals surface area contributed by atoms with Crippen molar-refractivity contribution in [3.05, 3.63) is 58.1 Å². The maximum atomic E-state index is 12.8. The minimum absolute atomic E-state index is 0.0561. The molecule has 0 fully saturated rings. The van der Waals surface area contributed by atoms with Crippen molar-refractivity contribution < 1.29 is 45.7 Å². The van der Waals surface area contributed by atoms with Crippen molar-refractivity contribution in [2.24, 2.45) is 0 Å². The molecule has 3 rings (SSSR count). The number of benzene rings is 3. The SMILES string of the molecule is CC(O)(CCOC(=O)c1c([N+](=O)[O-])c2cccc(S(=O)(=O)O)c2c2ccccc12)C(F)(F)F. The Morgan fingerprint density at radius 3 is 2.21 bits per heavy atom. The molecule has 9 nitrogen and oxygen atoms in total. The van der Waals surface area contributed by atoms with Crippen molar-refractivity contribution in [1.29, 1.82) is 0 Å². The van der Waals surface area contributed by atoms with Gasteiger partial charge in [-0.3, -0.25) is 14.7 Å². The largest absolute Gasteiger partial charge is 0.462 e. The standard InChI is InChI=1S/C20H16F3NO8S/c1-19(26,20(21,22)23)9-10-32-18(25)16-12-6-3-2-5-11(12)15-13(17(16)24(27)28)7-4-8-14(15)33(29,30)31/h2-8,26H,9-10H2,1H3,(H,29,30,31). The summed E-state index contributed by atoms with van der Waals surface area (Å²) in [5, 5.41) is 20.8. The van der Waals surface area contributed by atoms with Crippen LogP contribution in [0.1, 0.15) is 23.7 Å². The Morgan fingerprint density at radius 2 is 1.67 bits per heavy atom. The normalized spacial score (nSPS) is 14.2. The third-order valence-electron chi connectivity index (χ3n) is 5.08. The van der Waals surface area contributed by atoms with Crippen LogP contribution in [-0.2, 0) is 14.9 Å². The number of ether oxygens (including phenoxy) is 1. The summed E-state index contributed by atoms with van der Waals surface area (Å²) >= 11 is 0. The van der Waals surface area contributed by atoms with Crippen LogP contribution in [0.2, 0.25) is 0 Å². The Kier molecular flexibility index (Phi) is 6.08. The van der Waals surface area contributed by atoms with Gasteiger partial charge in [0.05, 0.1) is 16.9 Å². The Morgan fingerprint density at radius 1 is 1.09 bits per heavy atom. The van der Waals surface area contributed by atoms with Crippen LogP contribution in [-0.4, -0.2) is 47.4 Å². The number of hydrogen-bond donors (Lipinski definition) is 2. The predicted molar refractivity (Wildman–Crippen MR) is 110 cm³/mol. The number of nitro benzene ring substituents is 1. The molecule has 3 aromatic carbocycles. The zero-order chi connectivity index (χ0) is 24.8. The van der Waals surface area contributed by atoms with Crippen molar-refractivity contribution in [3.63, 3.8) is 0 Å². The molecule has 0 aliphatic carbocycles. The van der Waals surface area contributed by atoms with E-state index >= 15 is 0 Å². The van der Waals surface area contributed by atoms with Crippen LogP contribution in [0, 0.1) is 10.1 Å². The quantitative estimate of drug-likeness (QED) is 0.175. The summed E-state index contributed by atoms with van der Waals surface area (Å²) in [7, 11) is -4.81. The molecule has 0 aliphatic rings. The van der Waals surface area contributed by atoms with Gasteiger partial charge in [-0.15, -0.1) is 0 Å². The average Bonchev–Trinajstić information content (AvgIpc) is 2.70. The Labute approximate surface area is 184 Å². The van der Waals surface area contributed by atoms with Gasteiger partial charge in [-0.25, -0.2) is 4.79 Å². The summed E-state index contributed by atoms with van der Waals surface area (Å²) in [6, 6.07) is 8.82. The van der Waals surface area contributed by atoms with Crippen molar-refractivity contribution >= 4 is 43.3 Å². The number of esters is 1. The lowest BCUT2D eigenvalue weighted by Crippen LogP contribution is -2.43. The topological polar surface area (TPSA) is 144 Å². The number of halogens is 3. The van der Waals surface area contributed by atoms with E-state index in [0.29, 0.717) is 6.92 Å². The average molecular weight is 487 g/mol. The number of fused-ring (bicyclic) bond motifs is 3. The number of rotatable bonds is 6. The molecular weight excluding hydrogens is 471 g/mol. The van der Waals surface area contributed by atoms with Gasteiger partial charge in [0, 0.05) is 17.2 Å². The zero-order valence-corrected chi connectivity index (χ0v) is 17.6. The van der Waals surface area contributed by atoms with Gasteiger partial charge in [0.15, 0.2) is 5.60 Å². The number of alkyl halides is 3. The summed E-state index contributed by atoms with van der Waals surface area (Å²) < 4.78 is 76.7. The molecule has 13 heteroatoms. The minimum atomic E-state index is -4.99. The summed E-state index contributed by atoms with van der Waals surface area (Å²) in [4.78, 5) is 23.1. The molecule has 176 valence electrons. The van der Waals surface area contributed by atoms with Crippen molar-refractivity contribution in [2.75, 3.05) is 6.61 Å². The second kappa shape index (κ2) is 8.24. The number of carbonyl (C=O) groups is 1. The second-order valence-corrected chi connectivity index (χ2v) is 8.73. The molecule has 0 bridgehead atoms. The fourth-order valence-electron chi connectivity index (χ4n) is 3.36. The van der Waals surface area contributed by atoms with E-state index in [9.17, 15) is 46.2 Å². The Balaban J connectivity index is 2.23. The van der Waals surface area contributed by atoms with Crippen LogP contribution in [0.3, 0.4) is 0 Å². The molecule has 0 aliphatic heterocycles. The van der Waals surface area contributed by atoms with E-state index in [-0.39, 0.29) is 21.5 Å².